The van der Waals surface area contributed by atoms with Crippen molar-refractivity contribution in [3.05, 3.63) is 29.6 Å². The predicted octanol–water partition coefficient (Wildman–Crippen LogP) is 2.10. The fourth-order valence-corrected chi connectivity index (χ4v) is 1.84. The van der Waals surface area contributed by atoms with Crippen LogP contribution < -0.4 is 10.6 Å². The largest absolute Gasteiger partial charge is 0.325 e. The maximum absolute atomic E-state index is 13.0. The van der Waals surface area contributed by atoms with Crippen molar-refractivity contribution in [1.29, 1.82) is 0 Å². The molecular weight excluding hydrogens is 243 g/mol. The molecule has 0 spiro atoms. The van der Waals surface area contributed by atoms with Crippen molar-refractivity contribution in [2.24, 2.45) is 5.92 Å². The van der Waals surface area contributed by atoms with Crippen molar-refractivity contribution in [1.82, 2.24) is 5.32 Å². The second kappa shape index (κ2) is 5.98. The Hall–Kier alpha value is -1.13. The van der Waals surface area contributed by atoms with Crippen molar-refractivity contribution >= 4 is 24.0 Å². The molecule has 1 aliphatic rings. The zero-order chi connectivity index (χ0) is 11.5. The smallest absolute Gasteiger partial charge is 0.228 e. The lowest BCUT2D eigenvalue weighted by atomic mass is 10.1. The van der Waals surface area contributed by atoms with E-state index < -0.39 is 0 Å². The third kappa shape index (κ3) is 3.41. The summed E-state index contributed by atoms with van der Waals surface area (Å²) in [6.45, 7) is 3.43. The van der Waals surface area contributed by atoms with Crippen molar-refractivity contribution in [3.8, 4) is 0 Å². The molecule has 17 heavy (non-hydrogen) atoms. The van der Waals surface area contributed by atoms with Gasteiger partial charge in [0.15, 0.2) is 0 Å². The van der Waals surface area contributed by atoms with E-state index in [4.69, 9.17) is 0 Å². The molecule has 94 valence electrons. The van der Waals surface area contributed by atoms with Gasteiger partial charge in [-0.1, -0.05) is 6.07 Å². The molecular formula is C12H16ClFN2O. The number of hydrogen-bond donors (Lipinski definition) is 2. The second-order valence-electron chi connectivity index (χ2n) is 4.14. The zero-order valence-electron chi connectivity index (χ0n) is 9.63. The molecule has 0 radical (unpaired) electrons. The van der Waals surface area contributed by atoms with Crippen LogP contribution in [0.3, 0.4) is 0 Å². The van der Waals surface area contributed by atoms with Gasteiger partial charge in [0, 0.05) is 12.2 Å². The van der Waals surface area contributed by atoms with Crippen LogP contribution in [0, 0.1) is 18.7 Å². The van der Waals surface area contributed by atoms with Gasteiger partial charge in [0.05, 0.1) is 5.92 Å². The Morgan fingerprint density at radius 2 is 2.29 bits per heavy atom. The highest BCUT2D eigenvalue weighted by Gasteiger charge is 2.22. The summed E-state index contributed by atoms with van der Waals surface area (Å²) in [5.41, 5.74) is 1.44. The van der Waals surface area contributed by atoms with E-state index in [1.54, 1.807) is 6.07 Å². The van der Waals surface area contributed by atoms with E-state index in [-0.39, 0.29) is 30.0 Å². The van der Waals surface area contributed by atoms with Gasteiger partial charge in [-0.2, -0.15) is 0 Å². The zero-order valence-corrected chi connectivity index (χ0v) is 10.4. The second-order valence-corrected chi connectivity index (χ2v) is 4.14. The SMILES string of the molecule is Cc1ccc(F)cc1NC(=O)C1CCNC1.Cl. The molecule has 2 N–H and O–H groups in total. The molecule has 1 aromatic carbocycles. The van der Waals surface area contributed by atoms with E-state index >= 15 is 0 Å². The number of amides is 1. The average molecular weight is 259 g/mol. The predicted molar refractivity (Wildman–Crippen MR) is 68.0 cm³/mol. The van der Waals surface area contributed by atoms with E-state index in [1.165, 1.54) is 12.1 Å². The van der Waals surface area contributed by atoms with Gasteiger partial charge >= 0.3 is 0 Å². The van der Waals surface area contributed by atoms with Crippen LogP contribution in [0.25, 0.3) is 0 Å². The van der Waals surface area contributed by atoms with Crippen LogP contribution in [0.4, 0.5) is 10.1 Å². The van der Waals surface area contributed by atoms with Gasteiger partial charge < -0.3 is 10.6 Å². The average Bonchev–Trinajstić information content (AvgIpc) is 2.76. The molecule has 1 unspecified atom stereocenters. The highest BCUT2D eigenvalue weighted by Crippen LogP contribution is 2.18. The van der Waals surface area contributed by atoms with Crippen molar-refractivity contribution < 1.29 is 9.18 Å². The molecule has 1 amide bonds. The Labute approximate surface area is 106 Å². The summed E-state index contributed by atoms with van der Waals surface area (Å²) in [6.07, 6.45) is 0.847. The Kier molecular flexibility index (Phi) is 4.90. The molecule has 3 nitrogen and oxygen atoms in total. The number of rotatable bonds is 2. The van der Waals surface area contributed by atoms with E-state index in [2.05, 4.69) is 10.6 Å². The lowest BCUT2D eigenvalue weighted by Gasteiger charge is -2.11. The monoisotopic (exact) mass is 258 g/mol. The van der Waals surface area contributed by atoms with Gasteiger partial charge in [-0.3, -0.25) is 4.79 Å². The quantitative estimate of drug-likeness (QED) is 0.853. The van der Waals surface area contributed by atoms with Gasteiger partial charge in [-0.15, -0.1) is 12.4 Å². The van der Waals surface area contributed by atoms with Crippen LogP contribution in [-0.4, -0.2) is 19.0 Å². The van der Waals surface area contributed by atoms with Crippen LogP contribution in [0.5, 0.6) is 0 Å². The summed E-state index contributed by atoms with van der Waals surface area (Å²) < 4.78 is 13.0. The summed E-state index contributed by atoms with van der Waals surface area (Å²) in [7, 11) is 0. The molecule has 0 aromatic heterocycles. The molecule has 1 heterocycles. The first kappa shape index (κ1) is 13.9. The van der Waals surface area contributed by atoms with E-state index in [9.17, 15) is 9.18 Å². The highest BCUT2D eigenvalue weighted by molar-refractivity contribution is 5.93. The highest BCUT2D eigenvalue weighted by atomic mass is 35.5. The van der Waals surface area contributed by atoms with Gasteiger partial charge in [0.2, 0.25) is 5.91 Å². The molecule has 1 saturated heterocycles. The maximum Gasteiger partial charge on any atom is 0.228 e. The number of anilines is 1. The molecule has 1 aliphatic heterocycles. The van der Waals surface area contributed by atoms with E-state index in [0.29, 0.717) is 12.2 Å². The summed E-state index contributed by atoms with van der Waals surface area (Å²) in [5, 5.41) is 5.90. The maximum atomic E-state index is 13.0. The minimum Gasteiger partial charge on any atom is -0.325 e. The molecule has 0 bridgehead atoms. The van der Waals surface area contributed by atoms with Crippen LogP contribution in [0.15, 0.2) is 18.2 Å². The number of carbonyl (C=O) groups excluding carboxylic acids is 1. The summed E-state index contributed by atoms with van der Waals surface area (Å²) >= 11 is 0. The summed E-state index contributed by atoms with van der Waals surface area (Å²) in [6, 6.07) is 4.41. The molecule has 1 aromatic rings. The molecule has 2 rings (SSSR count). The first-order chi connectivity index (χ1) is 7.66. The molecule has 5 heteroatoms. The Balaban J connectivity index is 0.00000144. The third-order valence-electron chi connectivity index (χ3n) is 2.89. The third-order valence-corrected chi connectivity index (χ3v) is 2.89. The van der Waals surface area contributed by atoms with Crippen molar-refractivity contribution in [3.63, 3.8) is 0 Å². The topological polar surface area (TPSA) is 41.1 Å². The lowest BCUT2D eigenvalue weighted by molar-refractivity contribution is -0.119. The van der Waals surface area contributed by atoms with Gasteiger partial charge in [-0.25, -0.2) is 4.39 Å². The summed E-state index contributed by atoms with van der Waals surface area (Å²) in [5.74, 6) is -0.355. The fraction of sp³-hybridized carbons (Fsp3) is 0.417. The normalized spacial score (nSPS) is 18.6. The van der Waals surface area contributed by atoms with E-state index in [1.807, 2.05) is 6.92 Å². The Morgan fingerprint density at radius 1 is 1.53 bits per heavy atom. The van der Waals surface area contributed by atoms with Crippen LogP contribution in [0.1, 0.15) is 12.0 Å². The summed E-state index contributed by atoms with van der Waals surface area (Å²) in [4.78, 5) is 11.8. The van der Waals surface area contributed by atoms with Crippen LogP contribution in [0.2, 0.25) is 0 Å². The van der Waals surface area contributed by atoms with Gasteiger partial charge in [0.25, 0.3) is 0 Å². The first-order valence-electron chi connectivity index (χ1n) is 5.44. The number of hydrogen-bond acceptors (Lipinski definition) is 2. The van der Waals surface area contributed by atoms with Crippen molar-refractivity contribution in [2.45, 2.75) is 13.3 Å². The number of benzene rings is 1. The number of carbonyl (C=O) groups is 1. The lowest BCUT2D eigenvalue weighted by Crippen LogP contribution is -2.25. The molecule has 0 saturated carbocycles. The fourth-order valence-electron chi connectivity index (χ4n) is 1.84. The number of nitrogens with one attached hydrogen (secondary N) is 2. The Bertz CT molecular complexity index is 405. The van der Waals surface area contributed by atoms with Crippen LogP contribution in [-0.2, 0) is 4.79 Å². The van der Waals surface area contributed by atoms with Gasteiger partial charge in [0.1, 0.15) is 5.82 Å². The van der Waals surface area contributed by atoms with E-state index in [0.717, 1.165) is 18.5 Å². The molecule has 1 fully saturated rings. The van der Waals surface area contributed by atoms with Crippen LogP contribution >= 0.6 is 12.4 Å². The van der Waals surface area contributed by atoms with Gasteiger partial charge in [-0.05, 0) is 37.6 Å². The first-order valence-corrected chi connectivity index (χ1v) is 5.44. The molecule has 1 atom stereocenters. The standard InChI is InChI=1S/C12H15FN2O.ClH/c1-8-2-3-10(13)6-11(8)15-12(16)9-4-5-14-7-9;/h2-3,6,9,14H,4-5,7H2,1H3,(H,15,16);1H. The molecule has 0 aliphatic carbocycles. The Morgan fingerprint density at radius 3 is 2.94 bits per heavy atom. The number of halogens is 2. The minimum absolute atomic E-state index is 0. The van der Waals surface area contributed by atoms with Crippen molar-refractivity contribution in [2.75, 3.05) is 18.4 Å². The minimum atomic E-state index is -0.328. The number of aryl methyl sites for hydroxylation is 1.